The van der Waals surface area contributed by atoms with Gasteiger partial charge in [-0.25, -0.2) is 9.97 Å². The van der Waals surface area contributed by atoms with Crippen molar-refractivity contribution in [2.75, 3.05) is 38.2 Å². The Balaban J connectivity index is 0.00000341. The number of rotatable bonds is 6. The normalized spacial score (nSPS) is 15.2. The highest BCUT2D eigenvalue weighted by Crippen LogP contribution is 2.29. The maximum absolute atomic E-state index is 12.5. The summed E-state index contributed by atoms with van der Waals surface area (Å²) >= 11 is 0. The number of aliphatic imine (C=N–C) groups is 1. The van der Waals surface area contributed by atoms with Gasteiger partial charge in [-0.2, -0.15) is 13.2 Å². The quantitative estimate of drug-likeness (QED) is 0.249. The van der Waals surface area contributed by atoms with Crippen LogP contribution in [0.2, 0.25) is 0 Å². The Kier molecular flexibility index (Phi) is 9.59. The van der Waals surface area contributed by atoms with Crippen molar-refractivity contribution in [2.24, 2.45) is 4.99 Å². The predicted octanol–water partition coefficient (Wildman–Crippen LogP) is 3.33. The van der Waals surface area contributed by atoms with Crippen molar-refractivity contribution in [3.8, 4) is 5.88 Å². The Hall–Kier alpha value is -2.31. The van der Waals surface area contributed by atoms with E-state index in [2.05, 4.69) is 30.5 Å². The summed E-state index contributed by atoms with van der Waals surface area (Å²) in [4.78, 5) is 14.6. The molecule has 1 aliphatic rings. The van der Waals surface area contributed by atoms with Crippen molar-refractivity contribution < 1.29 is 17.9 Å². The van der Waals surface area contributed by atoms with Gasteiger partial charge in [0.1, 0.15) is 12.4 Å². The van der Waals surface area contributed by atoms with Gasteiger partial charge >= 0.3 is 6.18 Å². The van der Waals surface area contributed by atoms with Gasteiger partial charge in [-0.1, -0.05) is 6.07 Å². The summed E-state index contributed by atoms with van der Waals surface area (Å²) in [6, 6.07) is 8.37. The van der Waals surface area contributed by atoms with Crippen LogP contribution in [-0.2, 0) is 6.18 Å². The molecule has 0 bridgehead atoms. The SMILES string of the molecule is CN=C(NCCOc1ccc(C(F)(F)F)cn1)NC1CCN(c2ccccn2)CC1.I. The summed E-state index contributed by atoms with van der Waals surface area (Å²) in [5.74, 6) is 1.80. The zero-order chi connectivity index (χ0) is 21.4. The number of nitrogens with one attached hydrogen (secondary N) is 2. The van der Waals surface area contributed by atoms with Crippen molar-refractivity contribution in [1.29, 1.82) is 0 Å². The highest BCUT2D eigenvalue weighted by atomic mass is 127. The van der Waals surface area contributed by atoms with Gasteiger partial charge < -0.3 is 20.3 Å². The fourth-order valence-corrected chi connectivity index (χ4v) is 3.14. The third-order valence-corrected chi connectivity index (χ3v) is 4.74. The van der Waals surface area contributed by atoms with Crippen LogP contribution in [0.3, 0.4) is 0 Å². The molecule has 0 aliphatic carbocycles. The topological polar surface area (TPSA) is 74.7 Å². The summed E-state index contributed by atoms with van der Waals surface area (Å²) in [5.41, 5.74) is -0.799. The summed E-state index contributed by atoms with van der Waals surface area (Å²) in [6.45, 7) is 2.51. The molecule has 2 N–H and O–H groups in total. The molecular weight excluding hydrogens is 524 g/mol. The summed E-state index contributed by atoms with van der Waals surface area (Å²) in [6.07, 6.45) is 0.0831. The Morgan fingerprint density at radius 3 is 2.55 bits per heavy atom. The maximum Gasteiger partial charge on any atom is 0.417 e. The summed E-state index contributed by atoms with van der Waals surface area (Å²) < 4.78 is 43.0. The molecule has 11 heteroatoms. The first-order chi connectivity index (χ1) is 14.5. The molecule has 31 heavy (non-hydrogen) atoms. The highest BCUT2D eigenvalue weighted by Gasteiger charge is 2.30. The molecule has 0 aromatic carbocycles. The smallest absolute Gasteiger partial charge is 0.417 e. The van der Waals surface area contributed by atoms with Crippen molar-refractivity contribution in [3.63, 3.8) is 0 Å². The van der Waals surface area contributed by atoms with Gasteiger partial charge in [0.2, 0.25) is 5.88 Å². The van der Waals surface area contributed by atoms with Gasteiger partial charge in [0.25, 0.3) is 0 Å². The van der Waals surface area contributed by atoms with Crippen LogP contribution >= 0.6 is 24.0 Å². The Bertz CT molecular complexity index is 812. The molecule has 1 aliphatic heterocycles. The van der Waals surface area contributed by atoms with E-state index in [1.54, 1.807) is 13.2 Å². The lowest BCUT2D eigenvalue weighted by Crippen LogP contribution is -2.49. The zero-order valence-corrected chi connectivity index (χ0v) is 19.4. The van der Waals surface area contributed by atoms with Crippen molar-refractivity contribution in [3.05, 3.63) is 48.3 Å². The van der Waals surface area contributed by atoms with Crippen molar-refractivity contribution in [1.82, 2.24) is 20.6 Å². The van der Waals surface area contributed by atoms with E-state index in [9.17, 15) is 13.2 Å². The number of nitrogens with zero attached hydrogens (tertiary/aromatic N) is 4. The van der Waals surface area contributed by atoms with Crippen LogP contribution in [0.5, 0.6) is 5.88 Å². The number of halogens is 4. The molecule has 2 aromatic heterocycles. The second kappa shape index (κ2) is 11.9. The Morgan fingerprint density at radius 1 is 1.19 bits per heavy atom. The highest BCUT2D eigenvalue weighted by molar-refractivity contribution is 14.0. The van der Waals surface area contributed by atoms with Crippen LogP contribution in [0.1, 0.15) is 18.4 Å². The van der Waals surface area contributed by atoms with E-state index in [0.717, 1.165) is 44.0 Å². The minimum Gasteiger partial charge on any atom is -0.476 e. The van der Waals surface area contributed by atoms with Gasteiger partial charge in [0, 0.05) is 44.6 Å². The molecule has 0 radical (unpaired) electrons. The van der Waals surface area contributed by atoms with E-state index in [4.69, 9.17) is 4.74 Å². The molecule has 0 spiro atoms. The Labute approximate surface area is 196 Å². The van der Waals surface area contributed by atoms with Crippen LogP contribution in [0.25, 0.3) is 0 Å². The summed E-state index contributed by atoms with van der Waals surface area (Å²) in [5, 5.41) is 6.54. The molecule has 0 saturated carbocycles. The van der Waals surface area contributed by atoms with Crippen LogP contribution in [-0.4, -0.2) is 55.3 Å². The number of hydrogen-bond acceptors (Lipinski definition) is 5. The van der Waals surface area contributed by atoms with E-state index in [0.29, 0.717) is 18.5 Å². The van der Waals surface area contributed by atoms with Gasteiger partial charge in [-0.15, -0.1) is 24.0 Å². The first kappa shape index (κ1) is 25.0. The molecule has 0 atom stereocenters. The van der Waals surface area contributed by atoms with Gasteiger partial charge in [0.05, 0.1) is 12.1 Å². The number of aromatic nitrogens is 2. The lowest BCUT2D eigenvalue weighted by Gasteiger charge is -2.33. The average molecular weight is 550 g/mol. The number of hydrogen-bond donors (Lipinski definition) is 2. The third-order valence-electron chi connectivity index (χ3n) is 4.74. The third kappa shape index (κ3) is 7.71. The first-order valence-electron chi connectivity index (χ1n) is 9.75. The Morgan fingerprint density at radius 2 is 1.97 bits per heavy atom. The molecule has 0 amide bonds. The second-order valence-electron chi connectivity index (χ2n) is 6.82. The molecular formula is C20H26F3IN6O. The molecule has 1 fully saturated rings. The largest absolute Gasteiger partial charge is 0.476 e. The average Bonchev–Trinajstić information content (AvgIpc) is 2.76. The van der Waals surface area contributed by atoms with E-state index >= 15 is 0 Å². The van der Waals surface area contributed by atoms with E-state index in [-0.39, 0.29) is 36.5 Å². The first-order valence-corrected chi connectivity index (χ1v) is 9.75. The van der Waals surface area contributed by atoms with E-state index in [1.165, 1.54) is 6.07 Å². The fraction of sp³-hybridized carbons (Fsp3) is 0.450. The number of piperidine rings is 1. The van der Waals surface area contributed by atoms with Crippen LogP contribution < -0.4 is 20.3 Å². The van der Waals surface area contributed by atoms with E-state index < -0.39 is 11.7 Å². The predicted molar refractivity (Wildman–Crippen MR) is 124 cm³/mol. The standard InChI is InChI=1S/C20H25F3N6O.HI/c1-24-19(26-10-13-30-18-6-5-15(14-27-18)20(21,22)23)28-16-7-11-29(12-8-16)17-4-2-3-9-25-17;/h2-6,9,14,16H,7-8,10-13H2,1H3,(H2,24,26,28);1H. The molecule has 3 heterocycles. The lowest BCUT2D eigenvalue weighted by molar-refractivity contribution is -0.137. The van der Waals surface area contributed by atoms with Gasteiger partial charge in [-0.05, 0) is 31.0 Å². The van der Waals surface area contributed by atoms with Crippen LogP contribution in [0.15, 0.2) is 47.7 Å². The monoisotopic (exact) mass is 550 g/mol. The number of ether oxygens (including phenoxy) is 1. The fourth-order valence-electron chi connectivity index (χ4n) is 3.14. The van der Waals surface area contributed by atoms with Gasteiger partial charge in [0.15, 0.2) is 5.96 Å². The molecule has 3 rings (SSSR count). The molecule has 1 saturated heterocycles. The molecule has 0 unspecified atom stereocenters. The minimum atomic E-state index is -4.40. The second-order valence-corrected chi connectivity index (χ2v) is 6.82. The van der Waals surface area contributed by atoms with Gasteiger partial charge in [-0.3, -0.25) is 4.99 Å². The number of pyridine rings is 2. The van der Waals surface area contributed by atoms with E-state index in [1.807, 2.05) is 18.2 Å². The number of guanidine groups is 1. The van der Waals surface area contributed by atoms with Crippen molar-refractivity contribution in [2.45, 2.75) is 25.1 Å². The number of alkyl halides is 3. The maximum atomic E-state index is 12.5. The lowest BCUT2D eigenvalue weighted by atomic mass is 10.1. The number of anilines is 1. The molecule has 2 aromatic rings. The van der Waals surface area contributed by atoms with Crippen LogP contribution in [0, 0.1) is 0 Å². The van der Waals surface area contributed by atoms with Crippen LogP contribution in [0.4, 0.5) is 19.0 Å². The minimum absolute atomic E-state index is 0. The summed E-state index contributed by atoms with van der Waals surface area (Å²) in [7, 11) is 1.69. The zero-order valence-electron chi connectivity index (χ0n) is 17.1. The van der Waals surface area contributed by atoms with Crippen molar-refractivity contribution >= 4 is 35.8 Å². The molecule has 170 valence electrons. The molecule has 7 nitrogen and oxygen atoms in total.